The lowest BCUT2D eigenvalue weighted by Gasteiger charge is -2.10. The number of aromatic nitrogens is 2. The topological polar surface area (TPSA) is 76.1 Å². The molecule has 0 bridgehead atoms. The Morgan fingerprint density at radius 1 is 1.21 bits per heavy atom. The SMILES string of the molecule is O=C(COc1ccc(Br)cc1)NC(=S)Nc1cccc2nsnc12. The number of hydrogen-bond donors (Lipinski definition) is 2. The Labute approximate surface area is 155 Å². The van der Waals surface area contributed by atoms with Gasteiger partial charge >= 0.3 is 0 Å². The lowest BCUT2D eigenvalue weighted by atomic mass is 10.2. The first-order valence-corrected chi connectivity index (χ1v) is 8.75. The molecule has 3 aromatic rings. The minimum Gasteiger partial charge on any atom is -0.484 e. The van der Waals surface area contributed by atoms with Gasteiger partial charge in [-0.05, 0) is 48.6 Å². The molecule has 1 amide bonds. The van der Waals surface area contributed by atoms with Crippen molar-refractivity contribution in [1.29, 1.82) is 0 Å². The van der Waals surface area contributed by atoms with Crippen LogP contribution in [-0.2, 0) is 4.79 Å². The summed E-state index contributed by atoms with van der Waals surface area (Å²) in [7, 11) is 0. The number of ether oxygens (including phenoxy) is 1. The maximum atomic E-state index is 11.9. The standard InChI is InChI=1S/C15H11BrN4O2S2/c16-9-4-6-10(7-5-9)22-8-13(21)18-15(23)17-11-2-1-3-12-14(11)20-24-19-12/h1-7H,8H2,(H2,17,18,21,23). The number of fused-ring (bicyclic) bond motifs is 1. The number of amides is 1. The fraction of sp³-hybridized carbons (Fsp3) is 0.0667. The van der Waals surface area contributed by atoms with Crippen LogP contribution in [0.15, 0.2) is 46.9 Å². The van der Waals surface area contributed by atoms with Crippen LogP contribution in [0, 0.1) is 0 Å². The minimum absolute atomic E-state index is 0.133. The van der Waals surface area contributed by atoms with E-state index in [-0.39, 0.29) is 17.6 Å². The summed E-state index contributed by atoms with van der Waals surface area (Å²) in [5.41, 5.74) is 2.18. The maximum absolute atomic E-state index is 11.9. The van der Waals surface area contributed by atoms with E-state index in [4.69, 9.17) is 17.0 Å². The summed E-state index contributed by atoms with van der Waals surface area (Å²) in [5.74, 6) is 0.254. The first kappa shape index (κ1) is 16.7. The van der Waals surface area contributed by atoms with E-state index in [1.807, 2.05) is 30.3 Å². The van der Waals surface area contributed by atoms with Gasteiger partial charge in [-0.15, -0.1) is 0 Å². The van der Waals surface area contributed by atoms with Gasteiger partial charge in [-0.25, -0.2) is 0 Å². The zero-order valence-electron chi connectivity index (χ0n) is 12.2. The van der Waals surface area contributed by atoms with Crippen LogP contribution >= 0.6 is 39.9 Å². The smallest absolute Gasteiger partial charge is 0.264 e. The molecule has 0 fully saturated rings. The number of hydrogen-bond acceptors (Lipinski definition) is 6. The number of halogens is 1. The van der Waals surface area contributed by atoms with Crippen LogP contribution < -0.4 is 15.4 Å². The molecule has 0 unspecified atom stereocenters. The molecule has 0 saturated heterocycles. The molecule has 1 heterocycles. The molecule has 0 aliphatic carbocycles. The van der Waals surface area contributed by atoms with E-state index >= 15 is 0 Å². The Bertz CT molecular complexity index is 883. The van der Waals surface area contributed by atoms with Gasteiger partial charge < -0.3 is 10.1 Å². The molecule has 3 rings (SSSR count). The average molecular weight is 423 g/mol. The molecule has 2 N–H and O–H groups in total. The lowest BCUT2D eigenvalue weighted by Crippen LogP contribution is -2.37. The Morgan fingerprint density at radius 2 is 2.00 bits per heavy atom. The molecule has 0 radical (unpaired) electrons. The normalized spacial score (nSPS) is 10.4. The zero-order valence-corrected chi connectivity index (χ0v) is 15.4. The van der Waals surface area contributed by atoms with Crippen LogP contribution in [0.2, 0.25) is 0 Å². The van der Waals surface area contributed by atoms with Gasteiger partial charge in [-0.3, -0.25) is 10.1 Å². The van der Waals surface area contributed by atoms with E-state index < -0.39 is 0 Å². The van der Waals surface area contributed by atoms with E-state index in [1.54, 1.807) is 12.1 Å². The molecular formula is C15H11BrN4O2S2. The van der Waals surface area contributed by atoms with Crippen molar-refractivity contribution in [3.63, 3.8) is 0 Å². The van der Waals surface area contributed by atoms with Crippen LogP contribution in [0.1, 0.15) is 0 Å². The van der Waals surface area contributed by atoms with Crippen molar-refractivity contribution < 1.29 is 9.53 Å². The van der Waals surface area contributed by atoms with E-state index in [0.29, 0.717) is 17.0 Å². The van der Waals surface area contributed by atoms with E-state index in [2.05, 4.69) is 35.3 Å². The summed E-state index contributed by atoms with van der Waals surface area (Å²) >= 11 is 9.60. The summed E-state index contributed by atoms with van der Waals surface area (Å²) in [6, 6.07) is 12.7. The van der Waals surface area contributed by atoms with Crippen LogP contribution in [-0.4, -0.2) is 26.4 Å². The number of nitrogens with one attached hydrogen (secondary N) is 2. The minimum atomic E-state index is -0.348. The summed E-state index contributed by atoms with van der Waals surface area (Å²) in [6.07, 6.45) is 0. The van der Waals surface area contributed by atoms with Crippen molar-refractivity contribution >= 4 is 67.6 Å². The number of benzene rings is 2. The number of thiocarbonyl (C=S) groups is 1. The summed E-state index contributed by atoms with van der Waals surface area (Å²) < 4.78 is 14.7. The molecule has 6 nitrogen and oxygen atoms in total. The molecule has 0 atom stereocenters. The second-order valence-electron chi connectivity index (χ2n) is 4.68. The van der Waals surface area contributed by atoms with Gasteiger partial charge in [0.25, 0.3) is 5.91 Å². The zero-order chi connectivity index (χ0) is 16.9. The van der Waals surface area contributed by atoms with Gasteiger partial charge in [0.1, 0.15) is 16.8 Å². The third-order valence-electron chi connectivity index (χ3n) is 2.97. The molecule has 2 aromatic carbocycles. The molecular weight excluding hydrogens is 412 g/mol. The molecule has 0 aliphatic rings. The number of anilines is 1. The average Bonchev–Trinajstić information content (AvgIpc) is 3.04. The van der Waals surface area contributed by atoms with Gasteiger partial charge in [0, 0.05) is 4.47 Å². The van der Waals surface area contributed by atoms with Crippen LogP contribution in [0.4, 0.5) is 5.69 Å². The third-order valence-corrected chi connectivity index (χ3v) is 4.25. The highest BCUT2D eigenvalue weighted by molar-refractivity contribution is 9.10. The number of nitrogens with zero attached hydrogens (tertiary/aromatic N) is 2. The number of carbonyl (C=O) groups excluding carboxylic acids is 1. The summed E-state index contributed by atoms with van der Waals surface area (Å²) in [4.78, 5) is 11.9. The van der Waals surface area contributed by atoms with Crippen LogP contribution in [0.25, 0.3) is 11.0 Å². The first-order valence-electron chi connectivity index (χ1n) is 6.82. The maximum Gasteiger partial charge on any atom is 0.264 e. The predicted octanol–water partition coefficient (Wildman–Crippen LogP) is 3.35. The van der Waals surface area contributed by atoms with E-state index in [0.717, 1.165) is 21.7 Å². The van der Waals surface area contributed by atoms with E-state index in [9.17, 15) is 4.79 Å². The van der Waals surface area contributed by atoms with Gasteiger partial charge in [-0.1, -0.05) is 22.0 Å². The molecule has 24 heavy (non-hydrogen) atoms. The Hall–Kier alpha value is -2.10. The highest BCUT2D eigenvalue weighted by Crippen LogP contribution is 2.21. The van der Waals surface area contributed by atoms with E-state index in [1.165, 1.54) is 0 Å². The van der Waals surface area contributed by atoms with Crippen molar-refractivity contribution in [2.45, 2.75) is 0 Å². The van der Waals surface area contributed by atoms with Gasteiger partial charge in [0.05, 0.1) is 17.4 Å². The van der Waals surface area contributed by atoms with Gasteiger partial charge in [0.15, 0.2) is 11.7 Å². The third kappa shape index (κ3) is 4.25. The van der Waals surface area contributed by atoms with Crippen molar-refractivity contribution in [3.8, 4) is 5.75 Å². The molecule has 122 valence electrons. The fourth-order valence-corrected chi connectivity index (χ4v) is 2.94. The second-order valence-corrected chi connectivity index (χ2v) is 6.53. The molecule has 9 heteroatoms. The van der Waals surface area contributed by atoms with Crippen LogP contribution in [0.3, 0.4) is 0 Å². The number of carbonyl (C=O) groups is 1. The molecule has 0 saturated carbocycles. The summed E-state index contributed by atoms with van der Waals surface area (Å²) in [6.45, 7) is -0.133. The Kier molecular flexibility index (Phi) is 5.34. The molecule has 0 spiro atoms. The largest absolute Gasteiger partial charge is 0.484 e. The quantitative estimate of drug-likeness (QED) is 0.627. The predicted molar refractivity (Wildman–Crippen MR) is 101 cm³/mol. The van der Waals surface area contributed by atoms with Crippen molar-refractivity contribution in [3.05, 3.63) is 46.9 Å². The van der Waals surface area contributed by atoms with Gasteiger partial charge in [0.2, 0.25) is 0 Å². The fourth-order valence-electron chi connectivity index (χ4n) is 1.90. The van der Waals surface area contributed by atoms with Crippen molar-refractivity contribution in [2.24, 2.45) is 0 Å². The molecule has 1 aromatic heterocycles. The van der Waals surface area contributed by atoms with Gasteiger partial charge in [-0.2, -0.15) is 8.75 Å². The monoisotopic (exact) mass is 422 g/mol. The first-order chi connectivity index (χ1) is 11.6. The lowest BCUT2D eigenvalue weighted by molar-refractivity contribution is -0.121. The molecule has 0 aliphatic heterocycles. The van der Waals surface area contributed by atoms with Crippen LogP contribution in [0.5, 0.6) is 5.75 Å². The van der Waals surface area contributed by atoms with Crippen molar-refractivity contribution in [1.82, 2.24) is 14.1 Å². The Balaban J connectivity index is 1.53. The highest BCUT2D eigenvalue weighted by atomic mass is 79.9. The highest BCUT2D eigenvalue weighted by Gasteiger charge is 2.09. The number of rotatable bonds is 4. The summed E-state index contributed by atoms with van der Waals surface area (Å²) in [5, 5.41) is 5.70. The Morgan fingerprint density at radius 3 is 2.79 bits per heavy atom. The van der Waals surface area contributed by atoms with Crippen molar-refractivity contribution in [2.75, 3.05) is 11.9 Å². The second kappa shape index (κ2) is 7.65.